The summed E-state index contributed by atoms with van der Waals surface area (Å²) in [5.74, 6) is 0.307. The number of halogens is 1. The Balaban J connectivity index is 1.46. The number of carboxylic acid groups (broad SMARTS) is 1. The van der Waals surface area contributed by atoms with Crippen LogP contribution in [-0.2, 0) is 23.2 Å². The molecule has 0 aromatic heterocycles. The third-order valence-corrected chi connectivity index (χ3v) is 7.53. The van der Waals surface area contributed by atoms with Gasteiger partial charge in [0.2, 0.25) is 0 Å². The monoisotopic (exact) mass is 470 g/mol. The molecule has 34 heavy (non-hydrogen) atoms. The fourth-order valence-electron chi connectivity index (χ4n) is 5.59. The van der Waals surface area contributed by atoms with Crippen LogP contribution in [0.4, 0.5) is 9.18 Å². The van der Waals surface area contributed by atoms with Crippen molar-refractivity contribution in [2.45, 2.75) is 69.7 Å². The number of benzene rings is 2. The zero-order chi connectivity index (χ0) is 24.1. The minimum atomic E-state index is -1.26. The lowest BCUT2D eigenvalue weighted by Gasteiger charge is -2.39. The van der Waals surface area contributed by atoms with E-state index in [1.807, 2.05) is 36.2 Å². The van der Waals surface area contributed by atoms with Crippen LogP contribution in [0.3, 0.4) is 0 Å². The van der Waals surface area contributed by atoms with Crippen LogP contribution >= 0.6 is 0 Å². The number of hydrogen-bond donors (Lipinski definition) is 3. The molecule has 2 aliphatic rings. The molecule has 3 N–H and O–H groups in total. The molecule has 7 heteroatoms. The average Bonchev–Trinajstić information content (AvgIpc) is 2.82. The van der Waals surface area contributed by atoms with Crippen LogP contribution in [0.5, 0.6) is 5.75 Å². The van der Waals surface area contributed by atoms with E-state index in [4.69, 9.17) is 9.84 Å². The van der Waals surface area contributed by atoms with Gasteiger partial charge in [-0.3, -0.25) is 4.90 Å². The number of hydrogen-bond acceptors (Lipinski definition) is 5. The Morgan fingerprint density at radius 1 is 1.21 bits per heavy atom. The Morgan fingerprint density at radius 2 is 1.97 bits per heavy atom. The smallest absolute Gasteiger partial charge is 0.507 e. The quantitative estimate of drug-likeness (QED) is 0.471. The Morgan fingerprint density at radius 3 is 2.71 bits per heavy atom. The molecule has 2 aromatic rings. The minimum absolute atomic E-state index is 0.163. The summed E-state index contributed by atoms with van der Waals surface area (Å²) >= 11 is 0. The van der Waals surface area contributed by atoms with E-state index in [2.05, 4.69) is 5.32 Å². The van der Waals surface area contributed by atoms with Crippen molar-refractivity contribution < 1.29 is 24.1 Å². The summed E-state index contributed by atoms with van der Waals surface area (Å²) in [6.45, 7) is 1.33. The van der Waals surface area contributed by atoms with Crippen LogP contribution in [0, 0.1) is 11.7 Å². The molecule has 1 saturated carbocycles. The number of carbonyl (C=O) groups is 1. The molecule has 0 radical (unpaired) electrons. The van der Waals surface area contributed by atoms with E-state index in [1.165, 1.54) is 12.5 Å². The molecule has 1 aliphatic heterocycles. The Hall–Kier alpha value is -2.64. The lowest BCUT2D eigenvalue weighted by Crippen LogP contribution is -2.44. The van der Waals surface area contributed by atoms with Crippen molar-refractivity contribution in [2.75, 3.05) is 13.6 Å². The van der Waals surface area contributed by atoms with Crippen molar-refractivity contribution in [3.05, 3.63) is 65.0 Å². The maximum Gasteiger partial charge on any atom is 0.507 e. The van der Waals surface area contributed by atoms with Gasteiger partial charge in [-0.2, -0.15) is 0 Å². The van der Waals surface area contributed by atoms with Crippen molar-refractivity contribution in [1.29, 1.82) is 0 Å². The van der Waals surface area contributed by atoms with Crippen molar-refractivity contribution in [3.63, 3.8) is 0 Å². The average molecular weight is 471 g/mol. The van der Waals surface area contributed by atoms with E-state index in [0.717, 1.165) is 55.3 Å². The fraction of sp³-hybridized carbons (Fsp3) is 0.519. The molecule has 2 unspecified atom stereocenters. The van der Waals surface area contributed by atoms with Crippen molar-refractivity contribution >= 4 is 6.16 Å². The van der Waals surface area contributed by atoms with E-state index >= 15 is 0 Å². The topological polar surface area (TPSA) is 82.0 Å². The predicted octanol–water partition coefficient (Wildman–Crippen LogP) is 5.39. The van der Waals surface area contributed by atoms with E-state index in [9.17, 15) is 14.3 Å². The molecule has 1 saturated heterocycles. The number of aromatic hydroxyl groups is 1. The van der Waals surface area contributed by atoms with Gasteiger partial charge in [0.25, 0.3) is 0 Å². The lowest BCUT2D eigenvalue weighted by molar-refractivity contribution is -0.0565. The standard InChI is InChI=1S/C27H35FN2O4/c1-30-14-11-19(17-25(30)34-26(32)33)15-21-16-20(9-10-24(21)31)18-29-27(12-5-2-6-13-27)22-7-3-4-8-23(22)28/h3-4,7-10,16,19,25,29,31H,2,5-6,11-15,17-18H2,1H3,(H,32,33). The van der Waals surface area contributed by atoms with Crippen LogP contribution in [0.2, 0.25) is 0 Å². The largest absolute Gasteiger partial charge is 0.508 e. The van der Waals surface area contributed by atoms with Gasteiger partial charge in [0.15, 0.2) is 6.23 Å². The second kappa shape index (κ2) is 10.7. The number of phenols is 1. The zero-order valence-corrected chi connectivity index (χ0v) is 19.8. The highest BCUT2D eigenvalue weighted by Gasteiger charge is 2.35. The molecular formula is C27H35FN2O4. The number of piperidine rings is 1. The Bertz CT molecular complexity index is 992. The first kappa shape index (κ1) is 24.5. The van der Waals surface area contributed by atoms with Crippen LogP contribution in [-0.4, -0.2) is 41.1 Å². The molecule has 0 spiro atoms. The van der Waals surface area contributed by atoms with Gasteiger partial charge in [-0.1, -0.05) is 49.6 Å². The highest BCUT2D eigenvalue weighted by molar-refractivity contribution is 5.57. The van der Waals surface area contributed by atoms with Gasteiger partial charge in [0, 0.05) is 30.6 Å². The number of nitrogens with one attached hydrogen (secondary N) is 1. The third-order valence-electron chi connectivity index (χ3n) is 7.53. The Kier molecular flexibility index (Phi) is 7.73. The molecule has 2 aromatic carbocycles. The highest BCUT2D eigenvalue weighted by atomic mass is 19.1. The molecule has 0 bridgehead atoms. The van der Waals surface area contributed by atoms with Crippen LogP contribution < -0.4 is 5.32 Å². The fourth-order valence-corrected chi connectivity index (χ4v) is 5.59. The van der Waals surface area contributed by atoms with Gasteiger partial charge < -0.3 is 20.3 Å². The second-order valence-corrected chi connectivity index (χ2v) is 9.85. The van der Waals surface area contributed by atoms with Crippen LogP contribution in [0.1, 0.15) is 61.6 Å². The lowest BCUT2D eigenvalue weighted by atomic mass is 9.76. The maximum absolute atomic E-state index is 14.7. The molecule has 4 rings (SSSR count). The SMILES string of the molecule is CN1CCC(Cc2cc(CNC3(c4ccccc4F)CCCCC3)ccc2O)CC1OC(=O)O. The predicted molar refractivity (Wildman–Crippen MR) is 128 cm³/mol. The molecule has 6 nitrogen and oxygen atoms in total. The van der Waals surface area contributed by atoms with Crippen molar-refractivity contribution in [3.8, 4) is 5.75 Å². The molecule has 2 atom stereocenters. The van der Waals surface area contributed by atoms with Gasteiger partial charge in [-0.25, -0.2) is 9.18 Å². The summed E-state index contributed by atoms with van der Waals surface area (Å²) < 4.78 is 19.8. The van der Waals surface area contributed by atoms with Gasteiger partial charge in [-0.05, 0) is 61.9 Å². The minimum Gasteiger partial charge on any atom is -0.508 e. The zero-order valence-electron chi connectivity index (χ0n) is 19.8. The second-order valence-electron chi connectivity index (χ2n) is 9.85. The summed E-state index contributed by atoms with van der Waals surface area (Å²) in [5.41, 5.74) is 2.26. The number of nitrogens with zero attached hydrogens (tertiary/aromatic N) is 1. The summed E-state index contributed by atoms with van der Waals surface area (Å²) in [7, 11) is 1.87. The number of phenolic OH excluding ortho intramolecular Hbond substituents is 1. The first-order valence-electron chi connectivity index (χ1n) is 12.3. The van der Waals surface area contributed by atoms with Crippen LogP contribution in [0.25, 0.3) is 0 Å². The van der Waals surface area contributed by atoms with Crippen molar-refractivity contribution in [2.24, 2.45) is 5.92 Å². The summed E-state index contributed by atoms with van der Waals surface area (Å²) in [6.07, 6.45) is 5.55. The third kappa shape index (κ3) is 5.70. The van der Waals surface area contributed by atoms with E-state index in [1.54, 1.807) is 12.1 Å². The number of rotatable bonds is 7. The van der Waals surface area contributed by atoms with Crippen LogP contribution in [0.15, 0.2) is 42.5 Å². The molecule has 2 fully saturated rings. The van der Waals surface area contributed by atoms with Gasteiger partial charge in [0.1, 0.15) is 11.6 Å². The summed E-state index contributed by atoms with van der Waals surface area (Å²) in [5, 5.41) is 23.2. The van der Waals surface area contributed by atoms with Gasteiger partial charge in [-0.15, -0.1) is 0 Å². The Labute approximate surface area is 200 Å². The summed E-state index contributed by atoms with van der Waals surface area (Å²) in [4.78, 5) is 12.9. The van der Waals surface area contributed by atoms with E-state index in [-0.39, 0.29) is 23.0 Å². The maximum atomic E-state index is 14.7. The number of ether oxygens (including phenoxy) is 1. The summed E-state index contributed by atoms with van der Waals surface area (Å²) in [6, 6.07) is 12.7. The molecule has 0 amide bonds. The first-order chi connectivity index (χ1) is 16.4. The highest BCUT2D eigenvalue weighted by Crippen LogP contribution is 2.39. The number of likely N-dealkylation sites (tertiary alicyclic amines) is 1. The van der Waals surface area contributed by atoms with Gasteiger partial charge >= 0.3 is 6.16 Å². The van der Waals surface area contributed by atoms with Crippen molar-refractivity contribution in [1.82, 2.24) is 10.2 Å². The van der Waals surface area contributed by atoms with E-state index < -0.39 is 12.4 Å². The molecular weight excluding hydrogens is 435 g/mol. The molecule has 184 valence electrons. The molecule has 1 heterocycles. The van der Waals surface area contributed by atoms with Gasteiger partial charge in [0.05, 0.1) is 0 Å². The first-order valence-corrected chi connectivity index (χ1v) is 12.3. The molecule has 1 aliphatic carbocycles. The van der Waals surface area contributed by atoms with E-state index in [0.29, 0.717) is 19.4 Å². The normalized spacial score (nSPS) is 22.9.